The van der Waals surface area contributed by atoms with Crippen molar-refractivity contribution in [2.45, 2.75) is 19.9 Å². The van der Waals surface area contributed by atoms with Gasteiger partial charge in [0.05, 0.1) is 6.54 Å². The van der Waals surface area contributed by atoms with Crippen LogP contribution < -0.4 is 5.73 Å². The first-order valence-electron chi connectivity index (χ1n) is 5.52. The molecule has 0 amide bonds. The molecule has 2 rings (SSSR count). The van der Waals surface area contributed by atoms with Crippen molar-refractivity contribution in [3.8, 4) is 0 Å². The third kappa shape index (κ3) is 2.75. The first kappa shape index (κ1) is 13.5. The number of hydrogen-bond donors (Lipinski definition) is 1. The van der Waals surface area contributed by atoms with Gasteiger partial charge in [-0.05, 0) is 24.9 Å². The maximum atomic E-state index is 5.79. The van der Waals surface area contributed by atoms with E-state index in [1.807, 2.05) is 19.4 Å². The fourth-order valence-corrected chi connectivity index (χ4v) is 2.18. The quantitative estimate of drug-likeness (QED) is 0.864. The van der Waals surface area contributed by atoms with Crippen LogP contribution in [0.15, 0.2) is 12.4 Å². The third-order valence-corrected chi connectivity index (χ3v) is 3.42. The second-order valence-corrected chi connectivity index (χ2v) is 4.93. The number of imidazole rings is 1. The maximum absolute atomic E-state index is 5.79. The largest absolute Gasteiger partial charge is 0.337 e. The summed E-state index contributed by atoms with van der Waals surface area (Å²) in [5.41, 5.74) is 6.10. The molecule has 0 aromatic carbocycles. The number of halogens is 1. The Bertz CT molecular complexity index is 338. The van der Waals surface area contributed by atoms with Crippen molar-refractivity contribution >= 4 is 12.4 Å². The van der Waals surface area contributed by atoms with E-state index in [4.69, 9.17) is 5.73 Å². The molecule has 1 aliphatic heterocycles. The van der Waals surface area contributed by atoms with Crippen LogP contribution in [0.1, 0.15) is 19.2 Å². The van der Waals surface area contributed by atoms with Gasteiger partial charge in [-0.15, -0.1) is 12.4 Å². The lowest BCUT2D eigenvalue weighted by atomic mass is 9.90. The Hall–Kier alpha value is -0.580. The monoisotopic (exact) mass is 244 g/mol. The minimum absolute atomic E-state index is 0. The van der Waals surface area contributed by atoms with Crippen molar-refractivity contribution in [2.75, 3.05) is 19.6 Å². The molecule has 16 heavy (non-hydrogen) atoms. The number of likely N-dealkylation sites (tertiary alicyclic amines) is 1. The summed E-state index contributed by atoms with van der Waals surface area (Å²) in [6.45, 7) is 6.23. The summed E-state index contributed by atoms with van der Waals surface area (Å²) in [6.07, 6.45) is 5.05. The summed E-state index contributed by atoms with van der Waals surface area (Å²) in [5, 5.41) is 0. The zero-order valence-corrected chi connectivity index (χ0v) is 10.8. The molecule has 2 heterocycles. The van der Waals surface area contributed by atoms with Crippen molar-refractivity contribution in [2.24, 2.45) is 18.2 Å². The van der Waals surface area contributed by atoms with Gasteiger partial charge < -0.3 is 10.3 Å². The van der Waals surface area contributed by atoms with Crippen molar-refractivity contribution < 1.29 is 0 Å². The van der Waals surface area contributed by atoms with E-state index in [1.54, 1.807) is 0 Å². The van der Waals surface area contributed by atoms with E-state index in [0.717, 1.165) is 32.0 Å². The minimum atomic E-state index is 0. The lowest BCUT2D eigenvalue weighted by Gasteiger charge is -2.22. The van der Waals surface area contributed by atoms with Crippen molar-refractivity contribution in [3.63, 3.8) is 0 Å². The molecule has 1 aliphatic rings. The maximum Gasteiger partial charge on any atom is 0.122 e. The highest BCUT2D eigenvalue weighted by Crippen LogP contribution is 2.29. The van der Waals surface area contributed by atoms with Crippen LogP contribution in [0.25, 0.3) is 0 Å². The van der Waals surface area contributed by atoms with Crippen LogP contribution in [0.4, 0.5) is 0 Å². The van der Waals surface area contributed by atoms with E-state index in [0.29, 0.717) is 5.41 Å². The van der Waals surface area contributed by atoms with Crippen LogP contribution in [0.2, 0.25) is 0 Å². The van der Waals surface area contributed by atoms with E-state index >= 15 is 0 Å². The highest BCUT2D eigenvalue weighted by molar-refractivity contribution is 5.85. The number of hydrogen-bond acceptors (Lipinski definition) is 3. The number of aryl methyl sites for hydroxylation is 1. The zero-order chi connectivity index (χ0) is 10.9. The van der Waals surface area contributed by atoms with Gasteiger partial charge in [-0.3, -0.25) is 4.90 Å². The summed E-state index contributed by atoms with van der Waals surface area (Å²) in [7, 11) is 2.04. The fourth-order valence-electron chi connectivity index (χ4n) is 2.18. The SMILES string of the molecule is Cl.Cn1ccnc1CN1CCC(C)(CN)C1. The summed E-state index contributed by atoms with van der Waals surface area (Å²) >= 11 is 0. The summed E-state index contributed by atoms with van der Waals surface area (Å²) in [5.74, 6) is 1.14. The molecular weight excluding hydrogens is 224 g/mol. The predicted molar refractivity (Wildman–Crippen MR) is 67.5 cm³/mol. The Morgan fingerprint density at radius 3 is 2.81 bits per heavy atom. The lowest BCUT2D eigenvalue weighted by molar-refractivity contribution is 0.267. The normalized spacial score (nSPS) is 25.7. The van der Waals surface area contributed by atoms with Gasteiger partial charge in [-0.2, -0.15) is 0 Å². The molecule has 1 fully saturated rings. The van der Waals surface area contributed by atoms with Gasteiger partial charge in [0.1, 0.15) is 5.82 Å². The molecular formula is C11H21ClN4. The first-order valence-corrected chi connectivity index (χ1v) is 5.52. The molecule has 1 aromatic rings. The molecule has 1 aromatic heterocycles. The van der Waals surface area contributed by atoms with Crippen LogP contribution in [-0.4, -0.2) is 34.1 Å². The molecule has 0 bridgehead atoms. The van der Waals surface area contributed by atoms with Crippen LogP contribution in [0.3, 0.4) is 0 Å². The molecule has 4 nitrogen and oxygen atoms in total. The zero-order valence-electron chi connectivity index (χ0n) is 10.0. The molecule has 5 heteroatoms. The van der Waals surface area contributed by atoms with Gasteiger partial charge in [0.25, 0.3) is 0 Å². The molecule has 0 radical (unpaired) electrons. The van der Waals surface area contributed by atoms with E-state index in [1.165, 1.54) is 6.42 Å². The van der Waals surface area contributed by atoms with E-state index in [9.17, 15) is 0 Å². The highest BCUT2D eigenvalue weighted by atomic mass is 35.5. The van der Waals surface area contributed by atoms with Crippen molar-refractivity contribution in [1.82, 2.24) is 14.5 Å². The number of rotatable bonds is 3. The predicted octanol–water partition coefficient (Wildman–Crippen LogP) is 1.01. The van der Waals surface area contributed by atoms with Gasteiger partial charge in [0.15, 0.2) is 0 Å². The fraction of sp³-hybridized carbons (Fsp3) is 0.727. The van der Waals surface area contributed by atoms with Gasteiger partial charge in [0, 0.05) is 26.0 Å². The minimum Gasteiger partial charge on any atom is -0.337 e. The Balaban J connectivity index is 0.00000128. The molecule has 0 saturated carbocycles. The first-order chi connectivity index (χ1) is 7.13. The van der Waals surface area contributed by atoms with Crippen molar-refractivity contribution in [3.05, 3.63) is 18.2 Å². The van der Waals surface area contributed by atoms with Gasteiger partial charge >= 0.3 is 0 Å². The lowest BCUT2D eigenvalue weighted by Crippen LogP contribution is -2.31. The standard InChI is InChI=1S/C11H20N4.ClH/c1-11(8-12)3-5-15(9-11)7-10-13-4-6-14(10)2;/h4,6H,3,5,7-9,12H2,1-2H3;1H. The third-order valence-electron chi connectivity index (χ3n) is 3.42. The van der Waals surface area contributed by atoms with Crippen molar-refractivity contribution in [1.29, 1.82) is 0 Å². The Labute approximate surface area is 103 Å². The van der Waals surface area contributed by atoms with Gasteiger partial charge in [-0.1, -0.05) is 6.92 Å². The number of nitrogens with zero attached hydrogens (tertiary/aromatic N) is 3. The Morgan fingerprint density at radius 1 is 1.56 bits per heavy atom. The van der Waals surface area contributed by atoms with Gasteiger partial charge in [-0.25, -0.2) is 4.98 Å². The average Bonchev–Trinajstić information content (AvgIpc) is 2.77. The summed E-state index contributed by atoms with van der Waals surface area (Å²) in [6, 6.07) is 0. The van der Waals surface area contributed by atoms with Crippen LogP contribution >= 0.6 is 12.4 Å². The van der Waals surface area contributed by atoms with E-state index < -0.39 is 0 Å². The topological polar surface area (TPSA) is 47.1 Å². The second-order valence-electron chi connectivity index (χ2n) is 4.93. The number of nitrogens with two attached hydrogens (primary N) is 1. The summed E-state index contributed by atoms with van der Waals surface area (Å²) < 4.78 is 2.08. The molecule has 92 valence electrons. The average molecular weight is 245 g/mol. The van der Waals surface area contributed by atoms with Crippen LogP contribution in [0, 0.1) is 5.41 Å². The smallest absolute Gasteiger partial charge is 0.122 e. The Morgan fingerprint density at radius 2 is 2.31 bits per heavy atom. The molecule has 1 unspecified atom stereocenters. The molecule has 0 aliphatic carbocycles. The van der Waals surface area contributed by atoms with Gasteiger partial charge in [0.2, 0.25) is 0 Å². The van der Waals surface area contributed by atoms with E-state index in [-0.39, 0.29) is 12.4 Å². The highest BCUT2D eigenvalue weighted by Gasteiger charge is 2.32. The molecule has 0 spiro atoms. The summed E-state index contributed by atoms with van der Waals surface area (Å²) in [4.78, 5) is 6.78. The molecule has 1 atom stereocenters. The van der Waals surface area contributed by atoms with Crippen LogP contribution in [-0.2, 0) is 13.6 Å². The molecule has 1 saturated heterocycles. The molecule has 2 N–H and O–H groups in total. The Kier molecular flexibility index (Phi) is 4.35. The van der Waals surface area contributed by atoms with E-state index in [2.05, 4.69) is 21.4 Å². The second kappa shape index (κ2) is 5.17. The number of aromatic nitrogens is 2. The van der Waals surface area contributed by atoms with Crippen LogP contribution in [0.5, 0.6) is 0 Å².